The second-order valence-corrected chi connectivity index (χ2v) is 6.73. The molecule has 0 fully saturated rings. The van der Waals surface area contributed by atoms with Crippen LogP contribution in [0.2, 0.25) is 0 Å². The lowest BCUT2D eigenvalue weighted by molar-refractivity contribution is -0.0573. The van der Waals surface area contributed by atoms with Crippen LogP contribution in [0.15, 0.2) is 17.2 Å². The van der Waals surface area contributed by atoms with Gasteiger partial charge in [-0.25, -0.2) is 9.97 Å². The van der Waals surface area contributed by atoms with Gasteiger partial charge in [0.2, 0.25) is 0 Å². The average molecular weight is 301 g/mol. The topological polar surface area (TPSA) is 67.9 Å². The molecule has 0 amide bonds. The summed E-state index contributed by atoms with van der Waals surface area (Å²) >= 11 is 1.41. The second-order valence-electron chi connectivity index (χ2n) is 5.73. The number of rotatable bonds is 1. The van der Waals surface area contributed by atoms with Crippen LogP contribution in [0.5, 0.6) is 0 Å². The van der Waals surface area contributed by atoms with Crippen LogP contribution < -0.4 is 5.56 Å². The number of H-pyrrole nitrogens is 1. The Kier molecular flexibility index (Phi) is 2.68. The number of ether oxygens (including phenoxy) is 1. The van der Waals surface area contributed by atoms with Crippen LogP contribution in [-0.2, 0) is 17.8 Å². The Hall–Kier alpha value is -1.79. The first-order chi connectivity index (χ1) is 10.1. The van der Waals surface area contributed by atoms with Gasteiger partial charge < -0.3 is 9.72 Å². The van der Waals surface area contributed by atoms with E-state index < -0.39 is 0 Å². The standard InChI is InChI=1S/C15H15N3O2S/c1-3-15(2)5-10-8(6-20-15)4-9-11-12(21-14(9)18-10)13(19)17-7-16-11/h4,7H,3,5-6H2,1-2H3,(H,16,17,19)/t15-/m0/s1. The number of hydrogen-bond acceptors (Lipinski definition) is 5. The van der Waals surface area contributed by atoms with Crippen molar-refractivity contribution in [2.45, 2.75) is 38.9 Å². The summed E-state index contributed by atoms with van der Waals surface area (Å²) < 4.78 is 6.62. The summed E-state index contributed by atoms with van der Waals surface area (Å²) in [4.78, 5) is 24.5. The lowest BCUT2D eigenvalue weighted by atomic mass is 9.91. The number of nitrogens with one attached hydrogen (secondary N) is 1. The van der Waals surface area contributed by atoms with Crippen molar-refractivity contribution in [3.05, 3.63) is 34.0 Å². The van der Waals surface area contributed by atoms with E-state index in [0.717, 1.165) is 39.8 Å². The van der Waals surface area contributed by atoms with Crippen LogP contribution in [0, 0.1) is 0 Å². The predicted molar refractivity (Wildman–Crippen MR) is 82.7 cm³/mol. The fraction of sp³-hybridized carbons (Fsp3) is 0.400. The molecule has 0 unspecified atom stereocenters. The number of hydrogen-bond donors (Lipinski definition) is 1. The summed E-state index contributed by atoms with van der Waals surface area (Å²) in [7, 11) is 0. The van der Waals surface area contributed by atoms with E-state index in [9.17, 15) is 4.79 Å². The van der Waals surface area contributed by atoms with Gasteiger partial charge in [0.25, 0.3) is 5.56 Å². The Morgan fingerprint density at radius 3 is 3.19 bits per heavy atom. The van der Waals surface area contributed by atoms with E-state index in [-0.39, 0.29) is 11.2 Å². The number of aromatic nitrogens is 3. The molecule has 0 radical (unpaired) electrons. The summed E-state index contributed by atoms with van der Waals surface area (Å²) in [5.41, 5.74) is 2.69. The molecule has 3 aromatic rings. The highest BCUT2D eigenvalue weighted by molar-refractivity contribution is 7.25. The zero-order valence-corrected chi connectivity index (χ0v) is 12.7. The van der Waals surface area contributed by atoms with Crippen LogP contribution in [0.25, 0.3) is 20.4 Å². The Labute approximate surface area is 125 Å². The third-order valence-corrected chi connectivity index (χ3v) is 5.37. The smallest absolute Gasteiger partial charge is 0.268 e. The Balaban J connectivity index is 1.98. The second kappa shape index (κ2) is 4.35. The number of nitrogens with zero attached hydrogens (tertiary/aromatic N) is 2. The zero-order chi connectivity index (χ0) is 14.6. The molecule has 1 aliphatic heterocycles. The van der Waals surface area contributed by atoms with E-state index in [1.165, 1.54) is 17.7 Å². The summed E-state index contributed by atoms with van der Waals surface area (Å²) in [5.74, 6) is 0. The highest BCUT2D eigenvalue weighted by atomic mass is 32.1. The maximum absolute atomic E-state index is 11.9. The van der Waals surface area contributed by atoms with E-state index in [4.69, 9.17) is 9.72 Å². The predicted octanol–water partition coefficient (Wildman–Crippen LogP) is 2.77. The van der Waals surface area contributed by atoms with Crippen molar-refractivity contribution in [3.8, 4) is 0 Å². The molecule has 1 N–H and O–H groups in total. The molecule has 4 heterocycles. The molecule has 0 bridgehead atoms. The van der Waals surface area contributed by atoms with E-state index in [2.05, 4.69) is 29.9 Å². The molecule has 108 valence electrons. The molecular formula is C15H15N3O2S. The van der Waals surface area contributed by atoms with Gasteiger partial charge in [0, 0.05) is 17.4 Å². The van der Waals surface area contributed by atoms with Gasteiger partial charge in [-0.1, -0.05) is 6.92 Å². The average Bonchev–Trinajstić information content (AvgIpc) is 2.84. The Bertz CT molecular complexity index is 914. The minimum atomic E-state index is -0.139. The highest BCUT2D eigenvalue weighted by Crippen LogP contribution is 2.35. The summed E-state index contributed by atoms with van der Waals surface area (Å²) in [6, 6.07) is 2.08. The molecule has 21 heavy (non-hydrogen) atoms. The lowest BCUT2D eigenvalue weighted by Gasteiger charge is -2.33. The van der Waals surface area contributed by atoms with E-state index in [1.807, 2.05) is 0 Å². The van der Waals surface area contributed by atoms with Crippen molar-refractivity contribution in [2.75, 3.05) is 0 Å². The lowest BCUT2D eigenvalue weighted by Crippen LogP contribution is -2.35. The zero-order valence-electron chi connectivity index (χ0n) is 11.9. The Morgan fingerprint density at radius 2 is 2.38 bits per heavy atom. The van der Waals surface area contributed by atoms with E-state index in [1.54, 1.807) is 0 Å². The van der Waals surface area contributed by atoms with Crippen molar-refractivity contribution in [3.63, 3.8) is 0 Å². The van der Waals surface area contributed by atoms with Crippen molar-refractivity contribution in [1.82, 2.24) is 15.0 Å². The van der Waals surface area contributed by atoms with Crippen LogP contribution in [0.1, 0.15) is 31.5 Å². The van der Waals surface area contributed by atoms with Gasteiger partial charge in [-0.05, 0) is 19.4 Å². The van der Waals surface area contributed by atoms with Gasteiger partial charge in [-0.15, -0.1) is 11.3 Å². The molecule has 0 aliphatic carbocycles. The van der Waals surface area contributed by atoms with Gasteiger partial charge in [-0.2, -0.15) is 0 Å². The molecule has 3 aromatic heterocycles. The van der Waals surface area contributed by atoms with Gasteiger partial charge in [0.15, 0.2) is 0 Å². The maximum atomic E-state index is 11.9. The van der Waals surface area contributed by atoms with Gasteiger partial charge in [0.05, 0.1) is 29.7 Å². The van der Waals surface area contributed by atoms with E-state index in [0.29, 0.717) is 11.3 Å². The fourth-order valence-corrected chi connectivity index (χ4v) is 3.78. The molecule has 5 nitrogen and oxygen atoms in total. The molecule has 0 spiro atoms. The molecule has 1 aliphatic rings. The molecule has 0 saturated carbocycles. The number of fused-ring (bicyclic) bond motifs is 4. The fourth-order valence-electron chi connectivity index (χ4n) is 2.75. The van der Waals surface area contributed by atoms with Crippen molar-refractivity contribution < 1.29 is 4.74 Å². The molecule has 0 saturated heterocycles. The van der Waals surface area contributed by atoms with Crippen LogP contribution in [0.4, 0.5) is 0 Å². The molecular weight excluding hydrogens is 286 g/mol. The van der Waals surface area contributed by atoms with Crippen molar-refractivity contribution in [2.24, 2.45) is 0 Å². The Morgan fingerprint density at radius 1 is 1.52 bits per heavy atom. The highest BCUT2D eigenvalue weighted by Gasteiger charge is 2.30. The third kappa shape index (κ3) is 1.90. The number of aromatic amines is 1. The van der Waals surface area contributed by atoms with Crippen molar-refractivity contribution >= 4 is 31.8 Å². The third-order valence-electron chi connectivity index (χ3n) is 4.29. The number of thiophene rings is 1. The van der Waals surface area contributed by atoms with Gasteiger partial charge in [-0.3, -0.25) is 4.79 Å². The van der Waals surface area contributed by atoms with Crippen LogP contribution in [0.3, 0.4) is 0 Å². The first-order valence-electron chi connectivity index (χ1n) is 7.02. The monoisotopic (exact) mass is 301 g/mol. The summed E-state index contributed by atoms with van der Waals surface area (Å²) in [6.45, 7) is 4.83. The summed E-state index contributed by atoms with van der Waals surface area (Å²) in [6.07, 6.45) is 3.22. The maximum Gasteiger partial charge on any atom is 0.268 e. The van der Waals surface area contributed by atoms with Gasteiger partial charge in [0.1, 0.15) is 9.53 Å². The van der Waals surface area contributed by atoms with Crippen molar-refractivity contribution in [1.29, 1.82) is 0 Å². The quantitative estimate of drug-likeness (QED) is 0.750. The molecule has 1 atom stereocenters. The first kappa shape index (κ1) is 12.9. The summed E-state index contributed by atoms with van der Waals surface area (Å²) in [5, 5.41) is 0.948. The molecule has 4 rings (SSSR count). The minimum Gasteiger partial charge on any atom is -0.370 e. The SMILES string of the molecule is CC[C@@]1(C)Cc2nc3sc4c(=O)[nH]cnc4c3cc2CO1. The number of pyridine rings is 1. The molecule has 6 heteroatoms. The minimum absolute atomic E-state index is 0.101. The van der Waals surface area contributed by atoms with Gasteiger partial charge >= 0.3 is 0 Å². The first-order valence-corrected chi connectivity index (χ1v) is 7.84. The van der Waals surface area contributed by atoms with E-state index >= 15 is 0 Å². The normalized spacial score (nSPS) is 21.8. The molecule has 0 aromatic carbocycles. The van der Waals surface area contributed by atoms with Crippen LogP contribution >= 0.6 is 11.3 Å². The largest absolute Gasteiger partial charge is 0.370 e. The van der Waals surface area contributed by atoms with Crippen LogP contribution in [-0.4, -0.2) is 20.6 Å².